The first-order valence-electron chi connectivity index (χ1n) is 5.93. The van der Waals surface area contributed by atoms with Crippen molar-refractivity contribution in [3.05, 3.63) is 29.8 Å². The molecule has 0 aliphatic carbocycles. The first-order chi connectivity index (χ1) is 8.84. The van der Waals surface area contributed by atoms with E-state index in [0.29, 0.717) is 12.8 Å². The number of ether oxygens (including phenoxy) is 1. The SMILES string of the molecule is CC(N)(CCCCOc1c(F)cccc1F)C(=O)O. The second kappa shape index (κ2) is 6.47. The molecule has 0 bridgehead atoms. The molecule has 106 valence electrons. The summed E-state index contributed by atoms with van der Waals surface area (Å²) in [5.74, 6) is -2.99. The summed E-state index contributed by atoms with van der Waals surface area (Å²) in [4.78, 5) is 10.7. The van der Waals surface area contributed by atoms with Crippen molar-refractivity contribution in [2.75, 3.05) is 6.61 Å². The number of carboxylic acid groups (broad SMARTS) is 1. The number of hydrogen-bond acceptors (Lipinski definition) is 3. The van der Waals surface area contributed by atoms with Crippen LogP contribution < -0.4 is 10.5 Å². The first kappa shape index (κ1) is 15.4. The Morgan fingerprint density at radius 2 is 1.95 bits per heavy atom. The zero-order chi connectivity index (χ0) is 14.5. The second-order valence-electron chi connectivity index (χ2n) is 4.58. The number of unbranched alkanes of at least 4 members (excludes halogenated alkanes) is 1. The zero-order valence-corrected chi connectivity index (χ0v) is 10.7. The minimum absolute atomic E-state index is 0.105. The maximum Gasteiger partial charge on any atom is 0.323 e. The Hall–Kier alpha value is -1.69. The molecule has 0 aliphatic heterocycles. The Morgan fingerprint density at radius 3 is 2.47 bits per heavy atom. The molecule has 6 heteroatoms. The van der Waals surface area contributed by atoms with E-state index in [-0.39, 0.29) is 13.0 Å². The molecule has 0 aromatic heterocycles. The number of halogens is 2. The highest BCUT2D eigenvalue weighted by Crippen LogP contribution is 2.21. The van der Waals surface area contributed by atoms with E-state index in [1.165, 1.54) is 13.0 Å². The van der Waals surface area contributed by atoms with Crippen LogP contribution in [0.3, 0.4) is 0 Å². The molecule has 1 rings (SSSR count). The van der Waals surface area contributed by atoms with Crippen LogP contribution in [0.5, 0.6) is 5.75 Å². The number of carboxylic acids is 1. The fourth-order valence-corrected chi connectivity index (χ4v) is 1.50. The average molecular weight is 273 g/mol. The van der Waals surface area contributed by atoms with Gasteiger partial charge in [-0.1, -0.05) is 6.07 Å². The van der Waals surface area contributed by atoms with Gasteiger partial charge in [-0.05, 0) is 38.3 Å². The molecule has 0 aliphatic rings. The van der Waals surface area contributed by atoms with Crippen LogP contribution in [0.1, 0.15) is 26.2 Å². The van der Waals surface area contributed by atoms with Crippen LogP contribution in [-0.2, 0) is 4.79 Å². The Balaban J connectivity index is 2.34. The molecule has 0 fully saturated rings. The maximum atomic E-state index is 13.2. The van der Waals surface area contributed by atoms with Crippen molar-refractivity contribution in [2.45, 2.75) is 31.7 Å². The molecule has 0 spiro atoms. The van der Waals surface area contributed by atoms with E-state index in [0.717, 1.165) is 12.1 Å². The van der Waals surface area contributed by atoms with Crippen LogP contribution in [0, 0.1) is 11.6 Å². The summed E-state index contributed by atoms with van der Waals surface area (Å²) in [6.07, 6.45) is 1.23. The third kappa shape index (κ3) is 4.48. The monoisotopic (exact) mass is 273 g/mol. The van der Waals surface area contributed by atoms with Gasteiger partial charge in [0.1, 0.15) is 5.54 Å². The number of carbonyl (C=O) groups is 1. The van der Waals surface area contributed by atoms with Gasteiger partial charge in [0, 0.05) is 0 Å². The standard InChI is InChI=1S/C13H17F2NO3/c1-13(16,12(17)18)7-2-3-8-19-11-9(14)5-4-6-10(11)15/h4-6H,2-3,7-8,16H2,1H3,(H,17,18). The van der Waals surface area contributed by atoms with Gasteiger partial charge < -0.3 is 15.6 Å². The van der Waals surface area contributed by atoms with Gasteiger partial charge >= 0.3 is 5.97 Å². The highest BCUT2D eigenvalue weighted by Gasteiger charge is 2.26. The molecule has 1 unspecified atom stereocenters. The smallest absolute Gasteiger partial charge is 0.323 e. The van der Waals surface area contributed by atoms with Gasteiger partial charge in [-0.3, -0.25) is 4.79 Å². The number of rotatable bonds is 7. The average Bonchev–Trinajstić information content (AvgIpc) is 2.31. The molecular weight excluding hydrogens is 256 g/mol. The molecule has 3 N–H and O–H groups in total. The molecular formula is C13H17F2NO3. The minimum atomic E-state index is -1.29. The third-order valence-electron chi connectivity index (χ3n) is 2.74. The first-order valence-corrected chi connectivity index (χ1v) is 5.93. The van der Waals surface area contributed by atoms with Gasteiger partial charge in [0.05, 0.1) is 6.61 Å². The Kier molecular flexibility index (Phi) is 5.23. The summed E-state index contributed by atoms with van der Waals surface area (Å²) in [5.41, 5.74) is 4.25. The van der Waals surface area contributed by atoms with Crippen molar-refractivity contribution in [2.24, 2.45) is 5.73 Å². The van der Waals surface area contributed by atoms with Crippen molar-refractivity contribution >= 4 is 5.97 Å². The van der Waals surface area contributed by atoms with Crippen LogP contribution in [-0.4, -0.2) is 23.2 Å². The maximum absolute atomic E-state index is 13.2. The molecule has 0 amide bonds. The van der Waals surface area contributed by atoms with Crippen molar-refractivity contribution in [3.63, 3.8) is 0 Å². The Bertz CT molecular complexity index is 429. The molecule has 0 heterocycles. The molecule has 0 saturated carbocycles. The molecule has 0 saturated heterocycles. The highest BCUT2D eigenvalue weighted by atomic mass is 19.1. The van der Waals surface area contributed by atoms with Gasteiger partial charge in [0.2, 0.25) is 0 Å². The Morgan fingerprint density at radius 1 is 1.37 bits per heavy atom. The highest BCUT2D eigenvalue weighted by molar-refractivity contribution is 5.77. The lowest BCUT2D eigenvalue weighted by molar-refractivity contribution is -0.142. The summed E-state index contributed by atoms with van der Waals surface area (Å²) in [6.45, 7) is 1.53. The summed E-state index contributed by atoms with van der Waals surface area (Å²) >= 11 is 0. The summed E-state index contributed by atoms with van der Waals surface area (Å²) in [7, 11) is 0. The van der Waals surface area contributed by atoms with E-state index in [1.807, 2.05) is 0 Å². The van der Waals surface area contributed by atoms with E-state index in [9.17, 15) is 13.6 Å². The molecule has 4 nitrogen and oxygen atoms in total. The molecule has 1 aromatic carbocycles. The van der Waals surface area contributed by atoms with Crippen molar-refractivity contribution in [1.82, 2.24) is 0 Å². The number of hydrogen-bond donors (Lipinski definition) is 2. The van der Waals surface area contributed by atoms with E-state index in [1.54, 1.807) is 0 Å². The summed E-state index contributed by atoms with van der Waals surface area (Å²) < 4.78 is 31.4. The third-order valence-corrected chi connectivity index (χ3v) is 2.74. The fourth-order valence-electron chi connectivity index (χ4n) is 1.50. The van der Waals surface area contributed by atoms with Gasteiger partial charge in [-0.2, -0.15) is 0 Å². The van der Waals surface area contributed by atoms with Crippen LogP contribution in [0.15, 0.2) is 18.2 Å². The van der Waals surface area contributed by atoms with Crippen molar-refractivity contribution in [3.8, 4) is 5.75 Å². The van der Waals surface area contributed by atoms with Crippen molar-refractivity contribution in [1.29, 1.82) is 0 Å². The van der Waals surface area contributed by atoms with Crippen LogP contribution >= 0.6 is 0 Å². The van der Waals surface area contributed by atoms with Gasteiger partial charge in [0.25, 0.3) is 0 Å². The molecule has 0 radical (unpaired) electrons. The van der Waals surface area contributed by atoms with Gasteiger partial charge in [-0.15, -0.1) is 0 Å². The number of nitrogens with two attached hydrogens (primary N) is 1. The number of benzene rings is 1. The van der Waals surface area contributed by atoms with Crippen LogP contribution in [0.4, 0.5) is 8.78 Å². The van der Waals surface area contributed by atoms with E-state index in [2.05, 4.69) is 0 Å². The number of para-hydroxylation sites is 1. The quantitative estimate of drug-likeness (QED) is 0.748. The van der Waals surface area contributed by atoms with Crippen LogP contribution in [0.25, 0.3) is 0 Å². The minimum Gasteiger partial charge on any atom is -0.488 e. The lowest BCUT2D eigenvalue weighted by Gasteiger charge is -2.18. The van der Waals surface area contributed by atoms with E-state index in [4.69, 9.17) is 15.6 Å². The summed E-state index contributed by atoms with van der Waals surface area (Å²) in [5, 5.41) is 8.79. The van der Waals surface area contributed by atoms with E-state index < -0.39 is 28.9 Å². The van der Waals surface area contributed by atoms with Crippen LogP contribution in [0.2, 0.25) is 0 Å². The Labute approximate surface area is 110 Å². The predicted molar refractivity (Wildman–Crippen MR) is 65.9 cm³/mol. The zero-order valence-electron chi connectivity index (χ0n) is 10.7. The molecule has 1 atom stereocenters. The molecule has 19 heavy (non-hydrogen) atoms. The summed E-state index contributed by atoms with van der Waals surface area (Å²) in [6, 6.07) is 3.48. The predicted octanol–water partition coefficient (Wildman–Crippen LogP) is 2.32. The normalized spacial score (nSPS) is 13.9. The lowest BCUT2D eigenvalue weighted by atomic mass is 9.97. The van der Waals surface area contributed by atoms with E-state index >= 15 is 0 Å². The molecule has 1 aromatic rings. The topological polar surface area (TPSA) is 72.5 Å². The van der Waals surface area contributed by atoms with Crippen molar-refractivity contribution < 1.29 is 23.4 Å². The number of aliphatic carboxylic acids is 1. The van der Waals surface area contributed by atoms with Gasteiger partial charge in [0.15, 0.2) is 17.4 Å². The largest absolute Gasteiger partial charge is 0.488 e. The second-order valence-corrected chi connectivity index (χ2v) is 4.58. The van der Waals surface area contributed by atoms with Gasteiger partial charge in [-0.25, -0.2) is 8.78 Å². The fraction of sp³-hybridized carbons (Fsp3) is 0.462. The lowest BCUT2D eigenvalue weighted by Crippen LogP contribution is -2.44.